The molecule has 0 aromatic rings. The van der Waals surface area contributed by atoms with Gasteiger partial charge in [0.25, 0.3) is 5.97 Å². The van der Waals surface area contributed by atoms with Crippen molar-refractivity contribution in [2.45, 2.75) is 65.0 Å². The molecule has 20 heavy (non-hydrogen) atoms. The largest absolute Gasteiger partial charge is 0.520 e. The van der Waals surface area contributed by atoms with Gasteiger partial charge in [-0.2, -0.15) is 0 Å². The summed E-state index contributed by atoms with van der Waals surface area (Å²) in [6, 6.07) is 0. The van der Waals surface area contributed by atoms with E-state index in [2.05, 4.69) is 0 Å². The molecule has 0 aliphatic heterocycles. The van der Waals surface area contributed by atoms with Crippen LogP contribution < -0.4 is 0 Å². The van der Waals surface area contributed by atoms with E-state index in [0.717, 1.165) is 19.3 Å². The molecule has 0 aromatic carbocycles. The lowest BCUT2D eigenvalue weighted by atomic mass is 10.2. The van der Waals surface area contributed by atoms with Crippen molar-refractivity contribution >= 4 is 28.6 Å². The van der Waals surface area contributed by atoms with E-state index in [0.29, 0.717) is 6.42 Å². The average molecular weight is 317 g/mol. The number of allylic oxidation sites excluding steroid dienone is 1. The topological polar surface area (TPSA) is 52.6 Å². The molecule has 0 unspecified atom stereocenters. The van der Waals surface area contributed by atoms with Crippen LogP contribution in [0.3, 0.4) is 0 Å². The maximum atomic E-state index is 11.5. The molecule has 0 bridgehead atoms. The third-order valence-electron chi connectivity index (χ3n) is 2.08. The Kier molecular flexibility index (Phi) is 8.04. The molecule has 0 aliphatic rings. The van der Waals surface area contributed by atoms with Crippen molar-refractivity contribution in [1.82, 2.24) is 0 Å². The monoisotopic (exact) mass is 316 g/mol. The molecular weight excluding hydrogens is 288 g/mol. The summed E-state index contributed by atoms with van der Waals surface area (Å²) in [5.74, 6) is -0.367. The van der Waals surface area contributed by atoms with E-state index >= 15 is 0 Å². The first-order chi connectivity index (χ1) is 8.99. The van der Waals surface area contributed by atoms with Gasteiger partial charge >= 0.3 is 5.97 Å². The van der Waals surface area contributed by atoms with Gasteiger partial charge in [0.1, 0.15) is 0 Å². The van der Waals surface area contributed by atoms with Gasteiger partial charge in [-0.05, 0) is 58.5 Å². The molecule has 0 atom stereocenters. The Morgan fingerprint density at radius 1 is 0.900 bits per heavy atom. The molecule has 116 valence electrons. The van der Waals surface area contributed by atoms with Crippen molar-refractivity contribution < 1.29 is 18.4 Å². The highest BCUT2D eigenvalue weighted by molar-refractivity contribution is 6.71. The zero-order valence-corrected chi connectivity index (χ0v) is 15.6. The van der Waals surface area contributed by atoms with Gasteiger partial charge in [-0.15, -0.1) is 0 Å². The summed E-state index contributed by atoms with van der Waals surface area (Å²) in [6.07, 6.45) is 6.19. The Morgan fingerprint density at radius 2 is 1.45 bits per heavy atom. The molecule has 0 saturated heterocycles. The molecule has 6 heteroatoms. The normalized spacial score (nSPS) is 12.5. The molecule has 0 saturated carbocycles. The summed E-state index contributed by atoms with van der Waals surface area (Å²) in [5, 5.41) is 0. The number of carbonyl (C=O) groups is 2. The second kappa shape index (κ2) is 8.41. The predicted octanol–water partition coefficient (Wildman–Crippen LogP) is 3.86. The van der Waals surface area contributed by atoms with Gasteiger partial charge in [0.15, 0.2) is 0 Å². The molecule has 4 nitrogen and oxygen atoms in total. The zero-order chi connectivity index (χ0) is 15.8. The van der Waals surface area contributed by atoms with Crippen molar-refractivity contribution in [2.75, 3.05) is 0 Å². The van der Waals surface area contributed by atoms with E-state index in [4.69, 9.17) is 8.85 Å². The fourth-order valence-corrected chi connectivity index (χ4v) is 2.90. The Morgan fingerprint density at radius 3 is 1.95 bits per heavy atom. The van der Waals surface area contributed by atoms with Crippen LogP contribution in [0.4, 0.5) is 0 Å². The number of unbranched alkanes of at least 4 members (excludes halogenated alkanes) is 2. The van der Waals surface area contributed by atoms with Gasteiger partial charge in [-0.25, -0.2) is 4.79 Å². The third kappa shape index (κ3) is 13.5. The fraction of sp³-hybridized carbons (Fsp3) is 0.714. The summed E-state index contributed by atoms with van der Waals surface area (Å²) in [6.45, 7) is 11.9. The van der Waals surface area contributed by atoms with Crippen molar-refractivity contribution in [1.29, 1.82) is 0 Å². The molecule has 0 heterocycles. The summed E-state index contributed by atoms with van der Waals surface area (Å²) in [7, 11) is -3.55. The molecular formula is C14H28O4Si2. The lowest BCUT2D eigenvalue weighted by Crippen LogP contribution is -2.28. The second-order valence-electron chi connectivity index (χ2n) is 6.77. The fourth-order valence-electron chi connectivity index (χ4n) is 1.44. The molecule has 0 fully saturated rings. The van der Waals surface area contributed by atoms with Gasteiger partial charge in [-0.3, -0.25) is 4.79 Å². The first-order valence-corrected chi connectivity index (χ1v) is 13.9. The van der Waals surface area contributed by atoms with Crippen LogP contribution in [0.5, 0.6) is 0 Å². The highest BCUT2D eigenvalue weighted by Crippen LogP contribution is 2.08. The SMILES string of the molecule is C[Si](C)(C)OC(=O)/C=C\CCCCC(=O)O[Si](C)(C)C. The molecule has 0 N–H and O–H groups in total. The maximum absolute atomic E-state index is 11.5. The van der Waals surface area contributed by atoms with E-state index < -0.39 is 16.6 Å². The van der Waals surface area contributed by atoms with Gasteiger partial charge in [-0.1, -0.05) is 6.08 Å². The zero-order valence-electron chi connectivity index (χ0n) is 13.6. The highest BCUT2D eigenvalue weighted by Gasteiger charge is 2.19. The summed E-state index contributed by atoms with van der Waals surface area (Å²) in [4.78, 5) is 22.9. The van der Waals surface area contributed by atoms with E-state index in [1.54, 1.807) is 0 Å². The van der Waals surface area contributed by atoms with Gasteiger partial charge in [0.2, 0.25) is 16.6 Å². The molecule has 0 radical (unpaired) electrons. The van der Waals surface area contributed by atoms with Crippen LogP contribution in [0.2, 0.25) is 39.3 Å². The number of hydrogen-bond acceptors (Lipinski definition) is 4. The smallest absolute Gasteiger partial charge is 0.317 e. The Bertz CT molecular complexity index is 351. The van der Waals surface area contributed by atoms with E-state index in [1.165, 1.54) is 6.08 Å². The molecule has 0 spiro atoms. The quantitative estimate of drug-likeness (QED) is 0.387. The van der Waals surface area contributed by atoms with Crippen LogP contribution in [0.1, 0.15) is 25.7 Å². The van der Waals surface area contributed by atoms with Crippen molar-refractivity contribution in [3.8, 4) is 0 Å². The van der Waals surface area contributed by atoms with Crippen LogP contribution in [-0.2, 0) is 18.4 Å². The molecule has 0 aromatic heterocycles. The average Bonchev–Trinajstić information content (AvgIpc) is 2.17. The highest BCUT2D eigenvalue weighted by atomic mass is 28.4. The Labute approximate surface area is 124 Å². The predicted molar refractivity (Wildman–Crippen MR) is 86.5 cm³/mol. The molecule has 0 amide bonds. The van der Waals surface area contributed by atoms with Crippen LogP contribution in [-0.4, -0.2) is 28.6 Å². The summed E-state index contributed by atoms with van der Waals surface area (Å²) in [5.41, 5.74) is 0. The number of carbonyl (C=O) groups excluding carboxylic acids is 2. The lowest BCUT2D eigenvalue weighted by molar-refractivity contribution is -0.135. The summed E-state index contributed by atoms with van der Waals surface area (Å²) < 4.78 is 10.6. The Hall–Kier alpha value is -0.886. The van der Waals surface area contributed by atoms with E-state index in [1.807, 2.05) is 45.4 Å². The minimum absolute atomic E-state index is 0.105. The minimum Gasteiger partial charge on any atom is -0.520 e. The van der Waals surface area contributed by atoms with Crippen LogP contribution in [0.15, 0.2) is 12.2 Å². The third-order valence-corrected chi connectivity index (χ3v) is 3.74. The van der Waals surface area contributed by atoms with Crippen LogP contribution >= 0.6 is 0 Å². The number of rotatable bonds is 8. The van der Waals surface area contributed by atoms with Crippen molar-refractivity contribution in [2.24, 2.45) is 0 Å². The van der Waals surface area contributed by atoms with E-state index in [9.17, 15) is 9.59 Å². The standard InChI is InChI=1S/C14H28O4Si2/c1-19(2,3)17-13(15)11-9-7-8-10-12-14(16)18-20(4,5)6/h9,11H,7-8,10,12H2,1-6H3/b11-9-. The minimum atomic E-state index is -1.79. The van der Waals surface area contributed by atoms with Crippen molar-refractivity contribution in [3.05, 3.63) is 12.2 Å². The van der Waals surface area contributed by atoms with Gasteiger partial charge < -0.3 is 8.85 Å². The van der Waals surface area contributed by atoms with Crippen LogP contribution in [0.25, 0.3) is 0 Å². The lowest BCUT2D eigenvalue weighted by Gasteiger charge is -2.17. The molecule has 0 rings (SSSR count). The Balaban J connectivity index is 3.72. The first kappa shape index (κ1) is 19.1. The first-order valence-electron chi connectivity index (χ1n) is 7.11. The molecule has 0 aliphatic carbocycles. The van der Waals surface area contributed by atoms with E-state index in [-0.39, 0.29) is 11.9 Å². The summed E-state index contributed by atoms with van der Waals surface area (Å²) >= 11 is 0. The number of hydrogen-bond donors (Lipinski definition) is 0. The maximum Gasteiger partial charge on any atom is 0.317 e. The second-order valence-corrected chi connectivity index (χ2v) is 15.6. The van der Waals surface area contributed by atoms with Crippen LogP contribution in [0, 0.1) is 0 Å². The van der Waals surface area contributed by atoms with Gasteiger partial charge in [0, 0.05) is 12.5 Å². The van der Waals surface area contributed by atoms with Crippen molar-refractivity contribution in [3.63, 3.8) is 0 Å². The van der Waals surface area contributed by atoms with Gasteiger partial charge in [0.05, 0.1) is 0 Å².